The van der Waals surface area contributed by atoms with E-state index in [2.05, 4.69) is 9.97 Å². The van der Waals surface area contributed by atoms with Crippen molar-refractivity contribution >= 4 is 29.1 Å². The number of thioether (sulfide) groups is 1. The van der Waals surface area contributed by atoms with E-state index in [1.807, 2.05) is 19.9 Å². The van der Waals surface area contributed by atoms with Gasteiger partial charge in [-0.3, -0.25) is 10.1 Å². The van der Waals surface area contributed by atoms with Crippen LogP contribution in [0.5, 0.6) is 0 Å². The summed E-state index contributed by atoms with van der Waals surface area (Å²) in [4.78, 5) is 18.9. The number of aryl methyl sites for hydroxylation is 2. The summed E-state index contributed by atoms with van der Waals surface area (Å²) in [7, 11) is 0. The highest BCUT2D eigenvalue weighted by Gasteiger charge is 2.11. The van der Waals surface area contributed by atoms with E-state index >= 15 is 0 Å². The second-order valence-electron chi connectivity index (χ2n) is 4.25. The average Bonchev–Trinajstić information content (AvgIpc) is 2.36. The highest BCUT2D eigenvalue weighted by atomic mass is 35.5. The Morgan fingerprint density at radius 1 is 1.25 bits per heavy atom. The van der Waals surface area contributed by atoms with Crippen LogP contribution in [0, 0.1) is 24.0 Å². The van der Waals surface area contributed by atoms with Gasteiger partial charge in [-0.05, 0) is 31.5 Å². The minimum Gasteiger partial charge on any atom is -0.258 e. The number of rotatable bonds is 4. The molecule has 1 aromatic heterocycles. The molecule has 0 saturated carbocycles. The zero-order chi connectivity index (χ0) is 14.7. The zero-order valence-electron chi connectivity index (χ0n) is 11.0. The third kappa shape index (κ3) is 3.68. The quantitative estimate of drug-likeness (QED) is 0.370. The van der Waals surface area contributed by atoms with Crippen molar-refractivity contribution in [1.29, 1.82) is 0 Å². The van der Waals surface area contributed by atoms with E-state index in [4.69, 9.17) is 11.6 Å². The van der Waals surface area contributed by atoms with Gasteiger partial charge in [0.15, 0.2) is 5.16 Å². The number of non-ortho nitro benzene ring substituents is 1. The molecule has 2 aromatic rings. The lowest BCUT2D eigenvalue weighted by Crippen LogP contribution is -1.94. The van der Waals surface area contributed by atoms with Crippen molar-refractivity contribution < 1.29 is 4.92 Å². The molecular weight excluding hydrogens is 298 g/mol. The predicted octanol–water partition coefficient (Wildman–Crippen LogP) is 3.95. The fourth-order valence-corrected chi connectivity index (χ4v) is 2.89. The third-order valence-corrected chi connectivity index (χ3v) is 3.82. The van der Waals surface area contributed by atoms with Crippen molar-refractivity contribution in [2.75, 3.05) is 0 Å². The van der Waals surface area contributed by atoms with Crippen molar-refractivity contribution in [3.63, 3.8) is 0 Å². The normalized spacial score (nSPS) is 10.6. The van der Waals surface area contributed by atoms with Gasteiger partial charge in [0, 0.05) is 34.3 Å². The maximum Gasteiger partial charge on any atom is 0.269 e. The highest BCUT2D eigenvalue weighted by Crippen LogP contribution is 2.28. The number of hydrogen-bond donors (Lipinski definition) is 0. The summed E-state index contributed by atoms with van der Waals surface area (Å²) in [6.45, 7) is 3.80. The van der Waals surface area contributed by atoms with Crippen molar-refractivity contribution in [2.45, 2.75) is 24.8 Å². The summed E-state index contributed by atoms with van der Waals surface area (Å²) in [5, 5.41) is 11.9. The summed E-state index contributed by atoms with van der Waals surface area (Å²) in [5.74, 6) is 0.489. The molecule has 1 heterocycles. The molecule has 0 aliphatic carbocycles. The lowest BCUT2D eigenvalue weighted by molar-refractivity contribution is -0.384. The minimum absolute atomic E-state index is 0.0336. The van der Waals surface area contributed by atoms with Gasteiger partial charge in [0.2, 0.25) is 0 Å². The van der Waals surface area contributed by atoms with Gasteiger partial charge in [0.25, 0.3) is 5.69 Å². The van der Waals surface area contributed by atoms with Crippen LogP contribution in [0.15, 0.2) is 29.4 Å². The maximum atomic E-state index is 10.8. The lowest BCUT2D eigenvalue weighted by Gasteiger charge is -2.05. The van der Waals surface area contributed by atoms with Crippen LogP contribution >= 0.6 is 23.4 Å². The van der Waals surface area contributed by atoms with Crippen molar-refractivity contribution in [3.8, 4) is 0 Å². The molecule has 0 unspecified atom stereocenters. The fraction of sp³-hybridized carbons (Fsp3) is 0.231. The van der Waals surface area contributed by atoms with Crippen molar-refractivity contribution in [1.82, 2.24) is 9.97 Å². The van der Waals surface area contributed by atoms with Crippen LogP contribution in [0.25, 0.3) is 0 Å². The SMILES string of the molecule is Cc1cc(C)nc(SCc2cc([N+](=O)[O-])ccc2Cl)n1. The molecule has 1 aromatic carbocycles. The summed E-state index contributed by atoms with van der Waals surface area (Å²) in [6, 6.07) is 6.31. The molecule has 0 bridgehead atoms. The largest absolute Gasteiger partial charge is 0.269 e. The Labute approximate surface area is 125 Å². The summed E-state index contributed by atoms with van der Waals surface area (Å²) < 4.78 is 0. The van der Waals surface area contributed by atoms with Gasteiger partial charge in [-0.1, -0.05) is 23.4 Å². The lowest BCUT2D eigenvalue weighted by atomic mass is 10.2. The fourth-order valence-electron chi connectivity index (χ4n) is 1.69. The third-order valence-electron chi connectivity index (χ3n) is 2.56. The topological polar surface area (TPSA) is 68.9 Å². The smallest absolute Gasteiger partial charge is 0.258 e. The summed E-state index contributed by atoms with van der Waals surface area (Å²) >= 11 is 7.46. The molecular formula is C13H12ClN3O2S. The average molecular weight is 310 g/mol. The number of benzene rings is 1. The molecule has 104 valence electrons. The zero-order valence-corrected chi connectivity index (χ0v) is 12.5. The summed E-state index contributed by atoms with van der Waals surface area (Å²) in [5.41, 5.74) is 2.52. The predicted molar refractivity (Wildman–Crippen MR) is 79.2 cm³/mol. The van der Waals surface area contributed by atoms with Gasteiger partial charge in [-0.15, -0.1) is 0 Å². The molecule has 0 saturated heterocycles. The van der Waals surface area contributed by atoms with Gasteiger partial charge >= 0.3 is 0 Å². The van der Waals surface area contributed by atoms with Gasteiger partial charge in [-0.2, -0.15) is 0 Å². The number of halogens is 1. The van der Waals surface area contributed by atoms with Crippen LogP contribution in [-0.4, -0.2) is 14.9 Å². The molecule has 0 amide bonds. The van der Waals surface area contributed by atoms with Crippen LogP contribution in [0.2, 0.25) is 5.02 Å². The van der Waals surface area contributed by atoms with E-state index in [1.54, 1.807) is 0 Å². The molecule has 0 aliphatic heterocycles. The van der Waals surface area contributed by atoms with E-state index < -0.39 is 4.92 Å². The van der Waals surface area contributed by atoms with E-state index in [0.717, 1.165) is 11.4 Å². The van der Waals surface area contributed by atoms with Crippen LogP contribution < -0.4 is 0 Å². The first-order valence-electron chi connectivity index (χ1n) is 5.83. The Morgan fingerprint density at radius 3 is 2.50 bits per heavy atom. The van der Waals surface area contributed by atoms with E-state index in [1.165, 1.54) is 30.0 Å². The second-order valence-corrected chi connectivity index (χ2v) is 5.60. The van der Waals surface area contributed by atoms with Crippen LogP contribution in [0.1, 0.15) is 17.0 Å². The monoisotopic (exact) mass is 309 g/mol. The Bertz CT molecular complexity index is 644. The van der Waals surface area contributed by atoms with E-state index in [9.17, 15) is 10.1 Å². The van der Waals surface area contributed by atoms with Gasteiger partial charge < -0.3 is 0 Å². The Hall–Kier alpha value is -1.66. The van der Waals surface area contributed by atoms with Crippen molar-refractivity contribution in [2.24, 2.45) is 0 Å². The molecule has 0 fully saturated rings. The number of hydrogen-bond acceptors (Lipinski definition) is 5. The Balaban J connectivity index is 2.18. The molecule has 7 heteroatoms. The molecule has 5 nitrogen and oxygen atoms in total. The van der Waals surface area contributed by atoms with Crippen molar-refractivity contribution in [3.05, 3.63) is 56.4 Å². The Morgan fingerprint density at radius 2 is 1.90 bits per heavy atom. The first-order valence-corrected chi connectivity index (χ1v) is 7.20. The number of nitro groups is 1. The number of nitrogens with zero attached hydrogens (tertiary/aromatic N) is 3. The molecule has 2 rings (SSSR count). The van der Waals surface area contributed by atoms with Gasteiger partial charge in [0.05, 0.1) is 4.92 Å². The van der Waals surface area contributed by atoms with Gasteiger partial charge in [-0.25, -0.2) is 9.97 Å². The maximum absolute atomic E-state index is 10.8. The first-order chi connectivity index (χ1) is 9.45. The Kier molecular flexibility index (Phi) is 4.57. The molecule has 20 heavy (non-hydrogen) atoms. The second kappa shape index (κ2) is 6.19. The molecule has 0 N–H and O–H groups in total. The summed E-state index contributed by atoms with van der Waals surface area (Å²) in [6.07, 6.45) is 0. The molecule has 0 aliphatic rings. The molecule has 0 atom stereocenters. The van der Waals surface area contributed by atoms with E-state index in [0.29, 0.717) is 21.5 Å². The van der Waals surface area contributed by atoms with Crippen LogP contribution in [0.4, 0.5) is 5.69 Å². The minimum atomic E-state index is -0.433. The first kappa shape index (κ1) is 14.7. The standard InChI is InChI=1S/C13H12ClN3O2S/c1-8-5-9(2)16-13(15-8)20-7-10-6-11(17(18)19)3-4-12(10)14/h3-6H,7H2,1-2H3. The van der Waals surface area contributed by atoms with Crippen LogP contribution in [-0.2, 0) is 5.75 Å². The molecule has 0 spiro atoms. The highest BCUT2D eigenvalue weighted by molar-refractivity contribution is 7.98. The number of aromatic nitrogens is 2. The number of nitro benzene ring substituents is 1. The van der Waals surface area contributed by atoms with E-state index in [-0.39, 0.29) is 5.69 Å². The van der Waals surface area contributed by atoms with Crippen LogP contribution in [0.3, 0.4) is 0 Å². The van der Waals surface area contributed by atoms with Gasteiger partial charge in [0.1, 0.15) is 0 Å². The molecule has 0 radical (unpaired) electrons.